The lowest BCUT2D eigenvalue weighted by Gasteiger charge is -2.34. The normalized spacial score (nSPS) is 15.9. The SMILES string of the molecule is C=CC(=NC1CC1)C(=C(N)CC)C(c1ccc(Cl)cc1)N(C)c1cc(CC)c2nnc(C)n2c1. The summed E-state index contributed by atoms with van der Waals surface area (Å²) in [6, 6.07) is 10.3. The monoisotopic (exact) mass is 476 g/mol. The molecule has 1 aliphatic carbocycles. The Morgan fingerprint density at radius 3 is 2.59 bits per heavy atom. The third kappa shape index (κ3) is 4.73. The highest BCUT2D eigenvalue weighted by Crippen LogP contribution is 2.37. The van der Waals surface area contributed by atoms with E-state index in [1.54, 1.807) is 0 Å². The van der Waals surface area contributed by atoms with Gasteiger partial charge in [-0.3, -0.25) is 9.39 Å². The number of allylic oxidation sites excluding steroid dienone is 2. The number of hydrogen-bond donors (Lipinski definition) is 1. The fourth-order valence-corrected chi connectivity index (χ4v) is 4.42. The summed E-state index contributed by atoms with van der Waals surface area (Å²) in [4.78, 5) is 7.24. The van der Waals surface area contributed by atoms with Crippen LogP contribution >= 0.6 is 11.6 Å². The molecule has 1 aliphatic rings. The van der Waals surface area contributed by atoms with Crippen molar-refractivity contribution in [3.8, 4) is 0 Å². The van der Waals surface area contributed by atoms with Gasteiger partial charge >= 0.3 is 0 Å². The summed E-state index contributed by atoms with van der Waals surface area (Å²) in [5, 5.41) is 9.37. The molecule has 0 bridgehead atoms. The molecule has 1 aromatic carbocycles. The number of aromatic nitrogens is 3. The van der Waals surface area contributed by atoms with Crippen molar-refractivity contribution in [3.05, 3.63) is 82.4 Å². The van der Waals surface area contributed by atoms with Crippen LogP contribution in [0.5, 0.6) is 0 Å². The van der Waals surface area contributed by atoms with Gasteiger partial charge in [0, 0.05) is 29.5 Å². The number of hydrogen-bond acceptors (Lipinski definition) is 5. The van der Waals surface area contributed by atoms with Crippen molar-refractivity contribution in [1.82, 2.24) is 14.6 Å². The number of halogens is 1. The molecule has 6 nitrogen and oxygen atoms in total. The first-order valence-corrected chi connectivity index (χ1v) is 12.3. The second-order valence-corrected chi connectivity index (χ2v) is 9.26. The lowest BCUT2D eigenvalue weighted by molar-refractivity contribution is 0.767. The lowest BCUT2D eigenvalue weighted by atomic mass is 9.90. The zero-order chi connectivity index (χ0) is 24.4. The second kappa shape index (κ2) is 10.0. The van der Waals surface area contributed by atoms with Crippen molar-refractivity contribution >= 4 is 28.6 Å². The summed E-state index contributed by atoms with van der Waals surface area (Å²) in [5.74, 6) is 0.855. The Morgan fingerprint density at radius 2 is 2.00 bits per heavy atom. The van der Waals surface area contributed by atoms with E-state index < -0.39 is 0 Å². The molecule has 0 aliphatic heterocycles. The number of aliphatic imine (C=N–C) groups is 1. The number of pyridine rings is 1. The predicted molar refractivity (Wildman–Crippen MR) is 142 cm³/mol. The van der Waals surface area contributed by atoms with Crippen LogP contribution in [0.15, 0.2) is 65.4 Å². The van der Waals surface area contributed by atoms with Crippen molar-refractivity contribution in [2.45, 2.75) is 58.5 Å². The maximum Gasteiger partial charge on any atom is 0.164 e. The smallest absolute Gasteiger partial charge is 0.164 e. The quantitative estimate of drug-likeness (QED) is 0.393. The molecule has 1 atom stereocenters. The molecule has 34 heavy (non-hydrogen) atoms. The Labute approximate surface area is 206 Å². The summed E-state index contributed by atoms with van der Waals surface area (Å²) >= 11 is 6.25. The first kappa shape index (κ1) is 24.0. The molecule has 1 fully saturated rings. The number of aryl methyl sites for hydroxylation is 2. The number of rotatable bonds is 9. The minimum absolute atomic E-state index is 0.174. The van der Waals surface area contributed by atoms with E-state index in [4.69, 9.17) is 22.3 Å². The van der Waals surface area contributed by atoms with Crippen molar-refractivity contribution in [2.24, 2.45) is 10.7 Å². The van der Waals surface area contributed by atoms with E-state index in [1.165, 1.54) is 0 Å². The van der Waals surface area contributed by atoms with E-state index in [-0.39, 0.29) is 6.04 Å². The first-order valence-electron chi connectivity index (χ1n) is 11.9. The van der Waals surface area contributed by atoms with E-state index in [1.807, 2.05) is 25.1 Å². The average molecular weight is 477 g/mol. The molecule has 2 N–H and O–H groups in total. The molecule has 7 heteroatoms. The molecule has 2 aromatic heterocycles. The van der Waals surface area contributed by atoms with E-state index >= 15 is 0 Å². The van der Waals surface area contributed by atoms with Crippen molar-refractivity contribution < 1.29 is 0 Å². The van der Waals surface area contributed by atoms with Gasteiger partial charge in [-0.2, -0.15) is 0 Å². The molecular weight excluding hydrogens is 444 g/mol. The van der Waals surface area contributed by atoms with Gasteiger partial charge in [0.05, 0.1) is 23.5 Å². The van der Waals surface area contributed by atoms with Gasteiger partial charge in [0.25, 0.3) is 0 Å². The Morgan fingerprint density at radius 1 is 1.29 bits per heavy atom. The molecule has 1 saturated carbocycles. The van der Waals surface area contributed by atoms with Gasteiger partial charge in [-0.15, -0.1) is 10.2 Å². The molecule has 0 radical (unpaired) electrons. The van der Waals surface area contributed by atoms with Gasteiger partial charge in [-0.1, -0.05) is 44.2 Å². The largest absolute Gasteiger partial charge is 0.402 e. The van der Waals surface area contributed by atoms with Crippen LogP contribution in [-0.4, -0.2) is 33.4 Å². The van der Waals surface area contributed by atoms with Crippen molar-refractivity contribution in [2.75, 3.05) is 11.9 Å². The fraction of sp³-hybridized carbons (Fsp3) is 0.370. The van der Waals surface area contributed by atoms with Crippen LogP contribution in [0, 0.1) is 6.92 Å². The third-order valence-corrected chi connectivity index (χ3v) is 6.69. The van der Waals surface area contributed by atoms with E-state index in [2.05, 4.69) is 71.4 Å². The number of fused-ring (bicyclic) bond motifs is 1. The number of anilines is 1. The van der Waals surface area contributed by atoms with Crippen LogP contribution in [0.2, 0.25) is 5.02 Å². The van der Waals surface area contributed by atoms with Crippen LogP contribution in [0.3, 0.4) is 0 Å². The highest BCUT2D eigenvalue weighted by molar-refractivity contribution is 6.30. The highest BCUT2D eigenvalue weighted by atomic mass is 35.5. The van der Waals surface area contributed by atoms with Gasteiger partial charge in [0.1, 0.15) is 5.82 Å². The van der Waals surface area contributed by atoms with Gasteiger partial charge < -0.3 is 10.6 Å². The molecule has 178 valence electrons. The maximum absolute atomic E-state index is 6.70. The van der Waals surface area contributed by atoms with Crippen LogP contribution in [0.25, 0.3) is 5.65 Å². The topological polar surface area (TPSA) is 71.8 Å². The van der Waals surface area contributed by atoms with E-state index in [0.717, 1.165) is 64.5 Å². The Bertz CT molecular complexity index is 1250. The van der Waals surface area contributed by atoms with E-state index in [9.17, 15) is 0 Å². The fourth-order valence-electron chi connectivity index (χ4n) is 4.29. The first-order chi connectivity index (χ1) is 16.4. The van der Waals surface area contributed by atoms with Gasteiger partial charge in [0.15, 0.2) is 5.65 Å². The van der Waals surface area contributed by atoms with Gasteiger partial charge in [0.2, 0.25) is 0 Å². The number of likely N-dealkylation sites (N-methyl/N-ethyl adjacent to an activating group) is 1. The average Bonchev–Trinajstić information content (AvgIpc) is 3.60. The maximum atomic E-state index is 6.70. The summed E-state index contributed by atoms with van der Waals surface area (Å²) in [6.07, 6.45) is 7.74. The number of nitrogens with zero attached hydrogens (tertiary/aromatic N) is 5. The lowest BCUT2D eigenvalue weighted by Crippen LogP contribution is -2.31. The minimum atomic E-state index is -0.174. The zero-order valence-electron chi connectivity index (χ0n) is 20.4. The molecule has 2 heterocycles. The van der Waals surface area contributed by atoms with Crippen molar-refractivity contribution in [3.63, 3.8) is 0 Å². The van der Waals surface area contributed by atoms with Crippen molar-refractivity contribution in [1.29, 1.82) is 0 Å². The van der Waals surface area contributed by atoms with Gasteiger partial charge in [-0.25, -0.2) is 0 Å². The minimum Gasteiger partial charge on any atom is -0.402 e. The van der Waals surface area contributed by atoms with E-state index in [0.29, 0.717) is 17.5 Å². The number of nitrogens with two attached hydrogens (primary N) is 1. The predicted octanol–water partition coefficient (Wildman–Crippen LogP) is 5.84. The van der Waals surface area contributed by atoms with Crippen LogP contribution < -0.4 is 10.6 Å². The highest BCUT2D eigenvalue weighted by Gasteiger charge is 2.29. The second-order valence-electron chi connectivity index (χ2n) is 8.83. The Hall–Kier alpha value is -3.12. The third-order valence-electron chi connectivity index (χ3n) is 6.44. The van der Waals surface area contributed by atoms with Crippen LogP contribution in [0.4, 0.5) is 5.69 Å². The molecule has 0 spiro atoms. The zero-order valence-corrected chi connectivity index (χ0v) is 21.2. The molecule has 4 rings (SSSR count). The summed E-state index contributed by atoms with van der Waals surface area (Å²) in [7, 11) is 2.10. The Balaban J connectivity index is 1.93. The summed E-state index contributed by atoms with van der Waals surface area (Å²) in [5.41, 5.74) is 13.5. The van der Waals surface area contributed by atoms with Gasteiger partial charge in [-0.05, 0) is 68.0 Å². The molecule has 0 amide bonds. The van der Waals surface area contributed by atoms with Crippen LogP contribution in [0.1, 0.15) is 56.1 Å². The molecular formula is C27H33ClN6. The summed E-state index contributed by atoms with van der Waals surface area (Å²) in [6.45, 7) is 10.3. The standard InChI is InChI=1S/C27H33ClN6/c1-6-18-15-22(16-34-17(4)31-32-27(18)34)33(5)26(19-9-11-20(28)12-10-19)25(23(29)7-2)24(8-3)30-21-13-14-21/h8-12,15-16,21,26H,3,6-7,13-14,29H2,1-2,4-5H3. The summed E-state index contributed by atoms with van der Waals surface area (Å²) < 4.78 is 2.06. The molecule has 0 saturated heterocycles. The molecule has 3 aromatic rings. The Kier molecular flexibility index (Phi) is 7.08. The molecule has 1 unspecified atom stereocenters. The number of benzene rings is 1. The van der Waals surface area contributed by atoms with Crippen LogP contribution in [-0.2, 0) is 6.42 Å².